The van der Waals surface area contributed by atoms with Crippen LogP contribution in [-0.2, 0) is 23.9 Å². The summed E-state index contributed by atoms with van der Waals surface area (Å²) < 4.78 is 25.0. The van der Waals surface area contributed by atoms with Crippen molar-refractivity contribution in [2.45, 2.75) is 245 Å². The zero-order valence-electron chi connectivity index (χ0n) is 38.5. The summed E-state index contributed by atoms with van der Waals surface area (Å²) >= 11 is 0. The molecule has 0 rings (SSSR count). The number of unbranched alkanes of at least 4 members (excludes halogenated alkanes) is 24. The zero-order chi connectivity index (χ0) is 43.4. The second-order valence-corrected chi connectivity index (χ2v) is 16.9. The Bertz CT molecular complexity index is 1030. The Kier molecular flexibility index (Phi) is 41.8. The average Bonchev–Trinajstić information content (AvgIpc) is 3.22. The van der Waals surface area contributed by atoms with Crippen molar-refractivity contribution < 1.29 is 33.4 Å². The number of hydrogen-bond donors (Lipinski definition) is 3. The van der Waals surface area contributed by atoms with Gasteiger partial charge in [-0.2, -0.15) is 4.39 Å². The molecule has 0 fully saturated rings. The van der Waals surface area contributed by atoms with Crippen LogP contribution in [0.15, 0.2) is 11.5 Å². The molecule has 0 aromatic carbocycles. The number of carbonyl (C=O) groups excluding carboxylic acids is 3. The van der Waals surface area contributed by atoms with Crippen molar-refractivity contribution in [1.29, 1.82) is 5.41 Å². The van der Waals surface area contributed by atoms with Crippen LogP contribution >= 0.6 is 0 Å². The number of rotatable bonds is 46. The van der Waals surface area contributed by atoms with Gasteiger partial charge in [-0.3, -0.25) is 19.8 Å². The van der Waals surface area contributed by atoms with Crippen LogP contribution in [0.25, 0.3) is 0 Å². The maximum Gasteiger partial charge on any atom is 0.306 e. The molecule has 0 unspecified atom stereocenters. The molecule has 59 heavy (non-hydrogen) atoms. The number of allylic oxidation sites excluding steroid dienone is 2. The van der Waals surface area contributed by atoms with E-state index in [9.17, 15) is 23.9 Å². The van der Waals surface area contributed by atoms with Crippen LogP contribution in [0.4, 0.5) is 4.39 Å². The third-order valence-corrected chi connectivity index (χ3v) is 11.3. The lowest BCUT2D eigenvalue weighted by atomic mass is 10.0. The first-order chi connectivity index (χ1) is 28.8. The maximum absolute atomic E-state index is 13.5. The Morgan fingerprint density at radius 2 is 1.00 bits per heavy atom. The number of esters is 2. The molecule has 0 radical (unpaired) electrons. The molecule has 0 amide bonds. The van der Waals surface area contributed by atoms with E-state index in [2.05, 4.69) is 31.0 Å². The van der Waals surface area contributed by atoms with Crippen LogP contribution in [0.1, 0.15) is 239 Å². The van der Waals surface area contributed by atoms with Gasteiger partial charge in [-0.15, -0.1) is 0 Å². The third-order valence-electron chi connectivity index (χ3n) is 11.3. The highest BCUT2D eigenvalue weighted by molar-refractivity contribution is 5.94. The van der Waals surface area contributed by atoms with E-state index in [1.54, 1.807) is 0 Å². The molecule has 0 aromatic rings. The Labute approximate surface area is 361 Å². The summed E-state index contributed by atoms with van der Waals surface area (Å²) in [5.41, 5.74) is -0.469. The minimum atomic E-state index is -1.36. The minimum absolute atomic E-state index is 0.0344. The largest absolute Gasteiger partial charge is 0.503 e. The first-order valence-corrected chi connectivity index (χ1v) is 24.7. The quantitative estimate of drug-likeness (QED) is 0.0138. The van der Waals surface area contributed by atoms with E-state index in [0.717, 1.165) is 122 Å². The van der Waals surface area contributed by atoms with Gasteiger partial charge in [0.1, 0.15) is 11.8 Å². The lowest BCUT2D eigenvalue weighted by Crippen LogP contribution is -2.30. The van der Waals surface area contributed by atoms with Gasteiger partial charge in [0.2, 0.25) is 5.97 Å². The van der Waals surface area contributed by atoms with E-state index >= 15 is 0 Å². The average molecular weight is 838 g/mol. The number of aliphatic hydroxyl groups excluding tert-OH is 1. The lowest BCUT2D eigenvalue weighted by molar-refractivity contribution is -0.150. The van der Waals surface area contributed by atoms with E-state index in [-0.39, 0.29) is 24.3 Å². The van der Waals surface area contributed by atoms with Crippen LogP contribution in [0.2, 0.25) is 0 Å². The molecule has 0 saturated heterocycles. The highest BCUT2D eigenvalue weighted by Crippen LogP contribution is 2.19. The summed E-state index contributed by atoms with van der Waals surface area (Å²) in [5, 5.41) is 19.5. The molecule has 0 aliphatic heterocycles. The fraction of sp³-hybridized carbons (Fsp3) is 0.878. The van der Waals surface area contributed by atoms with Crippen LogP contribution in [0, 0.1) is 5.41 Å². The summed E-state index contributed by atoms with van der Waals surface area (Å²) in [6, 6.07) is 0. The van der Waals surface area contributed by atoms with E-state index < -0.39 is 17.4 Å². The van der Waals surface area contributed by atoms with Crippen molar-refractivity contribution in [2.75, 3.05) is 32.8 Å². The number of aldehydes is 1. The normalized spacial score (nSPS) is 11.9. The van der Waals surface area contributed by atoms with Gasteiger partial charge >= 0.3 is 11.9 Å². The Hall–Kier alpha value is -2.49. The van der Waals surface area contributed by atoms with Crippen LogP contribution in [-0.4, -0.2) is 73.1 Å². The number of hydrogen-bond acceptors (Lipinski definition) is 9. The molecule has 9 nitrogen and oxygen atoms in total. The van der Waals surface area contributed by atoms with Crippen LogP contribution in [0.3, 0.4) is 0 Å². The zero-order valence-corrected chi connectivity index (χ0v) is 38.5. The number of aliphatic hydroxyl groups is 1. The molecular formula is C49H92FN3O6. The highest BCUT2D eigenvalue weighted by atomic mass is 19.1. The van der Waals surface area contributed by atoms with Gasteiger partial charge in [-0.05, 0) is 83.8 Å². The predicted octanol–water partition coefficient (Wildman–Crippen LogP) is 13.6. The molecule has 0 aliphatic carbocycles. The number of ether oxygens (including phenoxy) is 2. The van der Waals surface area contributed by atoms with Crippen molar-refractivity contribution in [2.24, 2.45) is 0 Å². The number of halogens is 1. The third kappa shape index (κ3) is 38.2. The van der Waals surface area contributed by atoms with E-state index in [1.165, 1.54) is 96.3 Å². The van der Waals surface area contributed by atoms with Crippen LogP contribution < -0.4 is 5.32 Å². The van der Waals surface area contributed by atoms with Gasteiger partial charge in [0, 0.05) is 19.4 Å². The smallest absolute Gasteiger partial charge is 0.306 e. The molecule has 10 heteroatoms. The minimum Gasteiger partial charge on any atom is -0.503 e. The van der Waals surface area contributed by atoms with Crippen molar-refractivity contribution in [3.05, 3.63) is 11.5 Å². The number of nitrogens with one attached hydrogen (secondary N) is 2. The van der Waals surface area contributed by atoms with Gasteiger partial charge in [-0.25, -0.2) is 0 Å². The molecule has 3 N–H and O–H groups in total. The SMILES string of the molecule is CCCCCCCCCOC(=O)CCCCCCCN(CCCCCCCC(=O)OC(CCCCCCCC)CCCCCCCC)CCCNC(C(=N)F)=C(O)C=O. The molecular weight excluding hydrogens is 746 g/mol. The molecule has 0 atom stereocenters. The van der Waals surface area contributed by atoms with E-state index in [0.29, 0.717) is 32.4 Å². The molecule has 0 bridgehead atoms. The second kappa shape index (κ2) is 43.6. The molecule has 0 spiro atoms. The summed E-state index contributed by atoms with van der Waals surface area (Å²) in [5.74, 6) is -2.27. The standard InChI is InChI=1S/C49H92FN3O6/c1-4-7-10-13-16-25-32-42-58-46(56)36-28-21-17-23-30-39-53(41-33-38-52-48(49(50)51)45(55)43-54)40-31-24-18-22-29-37-47(57)59-44(34-26-19-14-11-8-5-2)35-27-20-15-12-9-6-3/h43-44,51-52,55H,4-42H2,1-3H3. The van der Waals surface area contributed by atoms with E-state index in [1.807, 2.05) is 0 Å². The van der Waals surface area contributed by atoms with Gasteiger partial charge in [-0.1, -0.05) is 162 Å². The van der Waals surface area contributed by atoms with Gasteiger partial charge < -0.3 is 24.8 Å². The number of carbonyl (C=O) groups is 3. The summed E-state index contributed by atoms with van der Waals surface area (Å²) in [7, 11) is 0. The number of nitrogens with zero attached hydrogens (tertiary/aromatic N) is 1. The predicted molar refractivity (Wildman–Crippen MR) is 244 cm³/mol. The molecule has 0 heterocycles. The molecule has 0 saturated carbocycles. The second-order valence-electron chi connectivity index (χ2n) is 16.9. The fourth-order valence-corrected chi connectivity index (χ4v) is 7.59. The highest BCUT2D eigenvalue weighted by Gasteiger charge is 2.15. The van der Waals surface area contributed by atoms with Gasteiger partial charge in [0.15, 0.2) is 12.0 Å². The Morgan fingerprint density at radius 1 is 0.593 bits per heavy atom. The summed E-state index contributed by atoms with van der Waals surface area (Å²) in [6.45, 7) is 10.2. The van der Waals surface area contributed by atoms with Crippen molar-refractivity contribution in [3.8, 4) is 0 Å². The molecule has 346 valence electrons. The van der Waals surface area contributed by atoms with Crippen LogP contribution in [0.5, 0.6) is 0 Å². The Balaban J connectivity index is 4.56. The lowest BCUT2D eigenvalue weighted by Gasteiger charge is -2.22. The molecule has 0 aromatic heterocycles. The topological polar surface area (TPSA) is 129 Å². The molecule has 0 aliphatic rings. The monoisotopic (exact) mass is 838 g/mol. The summed E-state index contributed by atoms with van der Waals surface area (Å²) in [4.78, 5) is 38.2. The first-order valence-electron chi connectivity index (χ1n) is 24.7. The summed E-state index contributed by atoms with van der Waals surface area (Å²) in [6.07, 6.45) is 37.4. The van der Waals surface area contributed by atoms with Gasteiger partial charge in [0.25, 0.3) is 0 Å². The van der Waals surface area contributed by atoms with E-state index in [4.69, 9.17) is 14.9 Å². The Morgan fingerprint density at radius 3 is 1.47 bits per heavy atom. The van der Waals surface area contributed by atoms with Crippen molar-refractivity contribution in [3.63, 3.8) is 0 Å². The maximum atomic E-state index is 13.5. The fourth-order valence-electron chi connectivity index (χ4n) is 7.59. The van der Waals surface area contributed by atoms with Crippen molar-refractivity contribution >= 4 is 24.2 Å². The van der Waals surface area contributed by atoms with Crippen molar-refractivity contribution in [1.82, 2.24) is 10.2 Å². The van der Waals surface area contributed by atoms with Gasteiger partial charge in [0.05, 0.1) is 6.61 Å². The first kappa shape index (κ1) is 56.5.